The molecule has 0 saturated carbocycles. The number of ether oxygens (including phenoxy) is 1. The molecule has 0 bridgehead atoms. The second-order valence-corrected chi connectivity index (χ2v) is 2.65. The van der Waals surface area contributed by atoms with Crippen LogP contribution in [0.3, 0.4) is 0 Å². The number of nitrogens with one attached hydrogen (secondary N) is 1. The van der Waals surface area contributed by atoms with E-state index in [4.69, 9.17) is 5.73 Å². The molecule has 0 spiro atoms. The molecule has 3 N–H and O–H groups in total. The first-order valence-electron chi connectivity index (χ1n) is 4.21. The second-order valence-electron chi connectivity index (χ2n) is 2.65. The van der Waals surface area contributed by atoms with E-state index in [1.54, 1.807) is 7.05 Å². The van der Waals surface area contributed by atoms with Crippen molar-refractivity contribution in [3.8, 4) is 0 Å². The van der Waals surface area contributed by atoms with E-state index in [2.05, 4.69) is 10.1 Å². The first kappa shape index (κ1) is 11.4. The third kappa shape index (κ3) is 4.31. The van der Waals surface area contributed by atoms with Crippen molar-refractivity contribution < 1.29 is 9.53 Å². The van der Waals surface area contributed by atoms with Crippen molar-refractivity contribution in [2.75, 3.05) is 20.7 Å². The van der Waals surface area contributed by atoms with Gasteiger partial charge in [-0.3, -0.25) is 4.79 Å². The molecule has 12 heavy (non-hydrogen) atoms. The Hall–Kier alpha value is -0.610. The number of carbonyl (C=O) groups excluding carboxylic acids is 1. The van der Waals surface area contributed by atoms with Crippen LogP contribution in [0.2, 0.25) is 0 Å². The van der Waals surface area contributed by atoms with Gasteiger partial charge in [0.1, 0.15) is 6.04 Å². The summed E-state index contributed by atoms with van der Waals surface area (Å²) in [6.07, 6.45) is 2.70. The number of esters is 1. The highest BCUT2D eigenvalue weighted by Gasteiger charge is 2.15. The Morgan fingerprint density at radius 3 is 2.67 bits per heavy atom. The molecule has 0 aliphatic heterocycles. The fourth-order valence-electron chi connectivity index (χ4n) is 1.02. The van der Waals surface area contributed by atoms with Gasteiger partial charge in [-0.15, -0.1) is 0 Å². The molecule has 0 fully saturated rings. The molecular weight excluding hydrogens is 156 g/mol. The van der Waals surface area contributed by atoms with Gasteiger partial charge in [-0.05, 0) is 26.4 Å². The van der Waals surface area contributed by atoms with Crippen LogP contribution in [0, 0.1) is 0 Å². The summed E-state index contributed by atoms with van der Waals surface area (Å²) in [4.78, 5) is 11.0. The number of hydrogen-bond donors (Lipinski definition) is 2. The van der Waals surface area contributed by atoms with Crippen molar-refractivity contribution in [3.63, 3.8) is 0 Å². The minimum Gasteiger partial charge on any atom is -0.468 e. The summed E-state index contributed by atoms with van der Waals surface area (Å²) in [6.45, 7) is 0.678. The molecule has 0 aliphatic carbocycles. The molecule has 1 unspecified atom stereocenters. The summed E-state index contributed by atoms with van der Waals surface area (Å²) in [5, 5.41) is 2.90. The van der Waals surface area contributed by atoms with E-state index < -0.39 is 0 Å². The van der Waals surface area contributed by atoms with E-state index in [9.17, 15) is 4.79 Å². The number of nitrogens with two attached hydrogens (primary N) is 1. The molecule has 4 heteroatoms. The summed E-state index contributed by atoms with van der Waals surface area (Å²) in [7, 11) is 3.15. The lowest BCUT2D eigenvalue weighted by molar-refractivity contribution is -0.143. The van der Waals surface area contributed by atoms with Crippen LogP contribution in [0.5, 0.6) is 0 Å². The first-order valence-corrected chi connectivity index (χ1v) is 4.21. The van der Waals surface area contributed by atoms with Gasteiger partial charge in [0, 0.05) is 0 Å². The molecule has 4 nitrogen and oxygen atoms in total. The SMILES string of the molecule is CNC(CCCCN)C(=O)OC. The van der Waals surface area contributed by atoms with Crippen molar-refractivity contribution in [1.82, 2.24) is 5.32 Å². The predicted molar refractivity (Wildman–Crippen MR) is 47.8 cm³/mol. The van der Waals surface area contributed by atoms with Crippen LogP contribution in [-0.4, -0.2) is 32.7 Å². The third-order valence-electron chi connectivity index (χ3n) is 1.78. The fourth-order valence-corrected chi connectivity index (χ4v) is 1.02. The molecule has 0 radical (unpaired) electrons. The van der Waals surface area contributed by atoms with Crippen LogP contribution in [0.15, 0.2) is 0 Å². The minimum absolute atomic E-state index is 0.179. The molecule has 72 valence electrons. The number of likely N-dealkylation sites (N-methyl/N-ethyl adjacent to an activating group) is 1. The number of rotatable bonds is 6. The van der Waals surface area contributed by atoms with Gasteiger partial charge >= 0.3 is 5.97 Å². The lowest BCUT2D eigenvalue weighted by Gasteiger charge is -2.12. The lowest BCUT2D eigenvalue weighted by atomic mass is 10.1. The van der Waals surface area contributed by atoms with Gasteiger partial charge in [-0.25, -0.2) is 0 Å². The summed E-state index contributed by atoms with van der Waals surface area (Å²) in [5.74, 6) is -0.200. The van der Waals surface area contributed by atoms with Crippen molar-refractivity contribution >= 4 is 5.97 Å². The Kier molecular flexibility index (Phi) is 6.70. The van der Waals surface area contributed by atoms with Crippen LogP contribution in [0.25, 0.3) is 0 Å². The molecule has 0 aromatic rings. The van der Waals surface area contributed by atoms with Crippen LogP contribution in [0.4, 0.5) is 0 Å². The Bertz CT molecular complexity index is 128. The molecule has 0 aromatic heterocycles. The maximum Gasteiger partial charge on any atom is 0.322 e. The number of hydrogen-bond acceptors (Lipinski definition) is 4. The standard InChI is InChI=1S/C8H18N2O2/c1-10-7(8(11)12-2)5-3-4-6-9/h7,10H,3-6,9H2,1-2H3. The molecule has 0 heterocycles. The second kappa shape index (κ2) is 7.06. The van der Waals surface area contributed by atoms with Gasteiger partial charge < -0.3 is 15.8 Å². The van der Waals surface area contributed by atoms with E-state index in [0.29, 0.717) is 6.54 Å². The Labute approximate surface area is 73.5 Å². The number of carbonyl (C=O) groups is 1. The molecule has 0 saturated heterocycles. The van der Waals surface area contributed by atoms with Crippen LogP contribution < -0.4 is 11.1 Å². The van der Waals surface area contributed by atoms with Crippen LogP contribution >= 0.6 is 0 Å². The zero-order chi connectivity index (χ0) is 9.40. The highest BCUT2D eigenvalue weighted by atomic mass is 16.5. The van der Waals surface area contributed by atoms with Gasteiger partial charge in [-0.2, -0.15) is 0 Å². The largest absolute Gasteiger partial charge is 0.468 e. The van der Waals surface area contributed by atoms with E-state index in [1.807, 2.05) is 0 Å². The monoisotopic (exact) mass is 174 g/mol. The van der Waals surface area contributed by atoms with E-state index >= 15 is 0 Å². The molecule has 0 aliphatic rings. The van der Waals surface area contributed by atoms with E-state index in [0.717, 1.165) is 19.3 Å². The van der Waals surface area contributed by atoms with Gasteiger partial charge in [0.05, 0.1) is 7.11 Å². The van der Waals surface area contributed by atoms with Gasteiger partial charge in [0.25, 0.3) is 0 Å². The Morgan fingerprint density at radius 2 is 2.25 bits per heavy atom. The fraction of sp³-hybridized carbons (Fsp3) is 0.875. The number of methoxy groups -OCH3 is 1. The minimum atomic E-state index is -0.200. The highest BCUT2D eigenvalue weighted by Crippen LogP contribution is 2.00. The first-order chi connectivity index (χ1) is 5.76. The quantitative estimate of drug-likeness (QED) is 0.435. The molecular formula is C8H18N2O2. The van der Waals surface area contributed by atoms with E-state index in [1.165, 1.54) is 7.11 Å². The molecule has 1 atom stereocenters. The maximum atomic E-state index is 11.0. The van der Waals surface area contributed by atoms with Crippen molar-refractivity contribution in [3.05, 3.63) is 0 Å². The zero-order valence-corrected chi connectivity index (χ0v) is 7.80. The van der Waals surface area contributed by atoms with Crippen molar-refractivity contribution in [1.29, 1.82) is 0 Å². The predicted octanol–water partition coefficient (Wildman–Crippen LogP) is -0.124. The van der Waals surface area contributed by atoms with Crippen LogP contribution in [-0.2, 0) is 9.53 Å². The third-order valence-corrected chi connectivity index (χ3v) is 1.78. The zero-order valence-electron chi connectivity index (χ0n) is 7.80. The average molecular weight is 174 g/mol. The smallest absolute Gasteiger partial charge is 0.322 e. The van der Waals surface area contributed by atoms with Crippen LogP contribution in [0.1, 0.15) is 19.3 Å². The van der Waals surface area contributed by atoms with Gasteiger partial charge in [0.15, 0.2) is 0 Å². The van der Waals surface area contributed by atoms with Crippen molar-refractivity contribution in [2.24, 2.45) is 5.73 Å². The molecule has 0 aromatic carbocycles. The summed E-state index contributed by atoms with van der Waals surface area (Å²) >= 11 is 0. The number of unbranched alkanes of at least 4 members (excludes halogenated alkanes) is 1. The lowest BCUT2D eigenvalue weighted by Crippen LogP contribution is -2.34. The van der Waals surface area contributed by atoms with Crippen molar-refractivity contribution in [2.45, 2.75) is 25.3 Å². The summed E-state index contributed by atoms with van der Waals surface area (Å²) in [5.41, 5.74) is 5.33. The topological polar surface area (TPSA) is 64.3 Å². The van der Waals surface area contributed by atoms with E-state index in [-0.39, 0.29) is 12.0 Å². The summed E-state index contributed by atoms with van der Waals surface area (Å²) < 4.78 is 4.60. The normalized spacial score (nSPS) is 12.6. The molecule has 0 amide bonds. The highest BCUT2D eigenvalue weighted by molar-refractivity contribution is 5.75. The Balaban J connectivity index is 3.60. The van der Waals surface area contributed by atoms with Gasteiger partial charge in [-0.1, -0.05) is 6.42 Å². The van der Waals surface area contributed by atoms with Gasteiger partial charge in [0.2, 0.25) is 0 Å². The average Bonchev–Trinajstić information content (AvgIpc) is 2.11. The summed E-state index contributed by atoms with van der Waals surface area (Å²) in [6, 6.07) is -0.179. The molecule has 0 rings (SSSR count). The Morgan fingerprint density at radius 1 is 1.58 bits per heavy atom. The maximum absolute atomic E-state index is 11.0.